The van der Waals surface area contributed by atoms with Gasteiger partial charge in [-0.2, -0.15) is 0 Å². The molecule has 0 saturated carbocycles. The molecule has 0 aliphatic heterocycles. The summed E-state index contributed by atoms with van der Waals surface area (Å²) in [5.74, 6) is 2.23. The van der Waals surface area contributed by atoms with Crippen LogP contribution in [0.5, 0.6) is 11.6 Å². The van der Waals surface area contributed by atoms with Crippen LogP contribution >= 0.6 is 0 Å². The predicted octanol–water partition coefficient (Wildman–Crippen LogP) is 2.94. The molecular weight excluding hydrogens is 368 g/mol. The molecule has 0 radical (unpaired) electrons. The highest BCUT2D eigenvalue weighted by molar-refractivity contribution is 5.79. The second kappa shape index (κ2) is 12.6. The van der Waals surface area contributed by atoms with Crippen LogP contribution in [-0.2, 0) is 11.3 Å². The van der Waals surface area contributed by atoms with Crippen molar-refractivity contribution in [2.45, 2.75) is 33.4 Å². The minimum absolute atomic E-state index is 0.00477. The number of para-hydroxylation sites is 1. The maximum Gasteiger partial charge on any atom is 0.213 e. The number of nitrogens with one attached hydrogen (secondary N) is 2. The zero-order valence-electron chi connectivity index (χ0n) is 17.8. The first kappa shape index (κ1) is 22.5. The number of hydrogen-bond acceptors (Lipinski definition) is 5. The van der Waals surface area contributed by atoms with Crippen LogP contribution in [-0.4, -0.2) is 50.5 Å². The van der Waals surface area contributed by atoms with Crippen molar-refractivity contribution in [2.75, 3.05) is 33.4 Å². The number of methoxy groups -OCH3 is 1. The molecule has 2 aromatic rings. The van der Waals surface area contributed by atoms with Crippen LogP contribution in [0.2, 0.25) is 0 Å². The van der Waals surface area contributed by atoms with E-state index in [1.165, 1.54) is 0 Å². The van der Waals surface area contributed by atoms with E-state index in [2.05, 4.69) is 20.6 Å². The zero-order valence-corrected chi connectivity index (χ0v) is 17.8. The van der Waals surface area contributed by atoms with Crippen LogP contribution in [0.15, 0.2) is 47.6 Å². The van der Waals surface area contributed by atoms with Gasteiger partial charge >= 0.3 is 0 Å². The predicted molar refractivity (Wildman–Crippen MR) is 116 cm³/mol. The molecular formula is C22H32N4O3. The van der Waals surface area contributed by atoms with E-state index in [4.69, 9.17) is 14.2 Å². The quantitative estimate of drug-likeness (QED) is 0.343. The highest BCUT2D eigenvalue weighted by Gasteiger charge is 2.07. The van der Waals surface area contributed by atoms with E-state index >= 15 is 0 Å². The van der Waals surface area contributed by atoms with Gasteiger partial charge in [0.2, 0.25) is 5.88 Å². The third kappa shape index (κ3) is 8.39. The Morgan fingerprint density at radius 2 is 1.97 bits per heavy atom. The molecule has 158 valence electrons. The summed E-state index contributed by atoms with van der Waals surface area (Å²) in [6.45, 7) is 9.09. The number of nitrogens with zero attached hydrogens (tertiary/aromatic N) is 2. The van der Waals surface area contributed by atoms with Crippen LogP contribution in [0.1, 0.15) is 25.0 Å². The molecule has 0 fully saturated rings. The molecule has 2 N–H and O–H groups in total. The molecule has 0 aliphatic rings. The van der Waals surface area contributed by atoms with Gasteiger partial charge in [0.05, 0.1) is 19.7 Å². The minimum Gasteiger partial charge on any atom is -0.489 e. The molecule has 0 saturated heterocycles. The Morgan fingerprint density at radius 1 is 1.14 bits per heavy atom. The lowest BCUT2D eigenvalue weighted by Crippen LogP contribution is -2.41. The molecule has 0 aliphatic carbocycles. The van der Waals surface area contributed by atoms with Crippen LogP contribution in [0, 0.1) is 6.92 Å². The summed E-state index contributed by atoms with van der Waals surface area (Å²) in [5, 5.41) is 6.58. The van der Waals surface area contributed by atoms with Crippen LogP contribution in [0.4, 0.5) is 0 Å². The number of aryl methyl sites for hydroxylation is 1. The molecule has 1 aromatic carbocycles. The number of aliphatic imine (C=N–C) groups is 1. The van der Waals surface area contributed by atoms with Gasteiger partial charge in [-0.25, -0.2) is 9.98 Å². The van der Waals surface area contributed by atoms with Crippen molar-refractivity contribution in [3.8, 4) is 11.6 Å². The summed E-state index contributed by atoms with van der Waals surface area (Å²) in [7, 11) is 1.64. The molecule has 7 heteroatoms. The van der Waals surface area contributed by atoms with Crippen molar-refractivity contribution >= 4 is 5.96 Å². The van der Waals surface area contributed by atoms with Gasteiger partial charge < -0.3 is 24.8 Å². The Morgan fingerprint density at radius 3 is 2.66 bits per heavy atom. The fourth-order valence-electron chi connectivity index (χ4n) is 2.52. The van der Waals surface area contributed by atoms with E-state index in [0.29, 0.717) is 32.2 Å². The molecule has 7 nitrogen and oxygen atoms in total. The maximum atomic E-state index is 6.01. The minimum atomic E-state index is 0.00477. The maximum absolute atomic E-state index is 6.01. The normalized spacial score (nSPS) is 12.3. The molecule has 29 heavy (non-hydrogen) atoms. The standard InChI is InChI=1S/C22H32N4O3/c1-5-23-22(25-14-18(3)29-20-9-7-6-8-17(20)2)26-16-19-10-11-21(24-15-19)28-13-12-27-4/h6-11,15,18H,5,12-14,16H2,1-4H3,(H2,23,25,26). The lowest BCUT2D eigenvalue weighted by atomic mass is 10.2. The van der Waals surface area contributed by atoms with Gasteiger partial charge in [0, 0.05) is 25.9 Å². The Balaban J connectivity index is 1.84. The highest BCUT2D eigenvalue weighted by Crippen LogP contribution is 2.17. The van der Waals surface area contributed by atoms with Gasteiger partial charge in [-0.1, -0.05) is 24.3 Å². The largest absolute Gasteiger partial charge is 0.489 e. The van der Waals surface area contributed by atoms with Crippen molar-refractivity contribution in [3.05, 3.63) is 53.7 Å². The van der Waals surface area contributed by atoms with Crippen LogP contribution in [0.25, 0.3) is 0 Å². The van der Waals surface area contributed by atoms with Crippen molar-refractivity contribution in [2.24, 2.45) is 4.99 Å². The SMILES string of the molecule is CCNC(=NCc1ccc(OCCOC)nc1)NCC(C)Oc1ccccc1C. The van der Waals surface area contributed by atoms with Crippen LogP contribution in [0.3, 0.4) is 0 Å². The number of benzene rings is 1. The number of pyridine rings is 1. The molecule has 1 heterocycles. The van der Waals surface area contributed by atoms with E-state index in [9.17, 15) is 0 Å². The van der Waals surface area contributed by atoms with Crippen LogP contribution < -0.4 is 20.1 Å². The fraction of sp³-hybridized carbons (Fsp3) is 0.455. The Labute approximate surface area is 173 Å². The van der Waals surface area contributed by atoms with Gasteiger partial charge in [0.15, 0.2) is 5.96 Å². The summed E-state index contributed by atoms with van der Waals surface area (Å²) < 4.78 is 16.4. The topological polar surface area (TPSA) is 77.0 Å². The number of hydrogen-bond donors (Lipinski definition) is 2. The van der Waals surface area contributed by atoms with Crippen molar-refractivity contribution in [3.63, 3.8) is 0 Å². The van der Waals surface area contributed by atoms with Crippen molar-refractivity contribution in [1.29, 1.82) is 0 Å². The summed E-state index contributed by atoms with van der Waals surface area (Å²) in [4.78, 5) is 8.92. The number of aromatic nitrogens is 1. The first-order chi connectivity index (χ1) is 14.1. The zero-order chi connectivity index (χ0) is 20.9. The van der Waals surface area contributed by atoms with Gasteiger partial charge in [-0.05, 0) is 38.0 Å². The molecule has 0 amide bonds. The van der Waals surface area contributed by atoms with E-state index < -0.39 is 0 Å². The monoisotopic (exact) mass is 400 g/mol. The van der Waals surface area contributed by atoms with E-state index in [1.807, 2.05) is 57.2 Å². The Hall–Kier alpha value is -2.80. The summed E-state index contributed by atoms with van der Waals surface area (Å²) >= 11 is 0. The average molecular weight is 401 g/mol. The first-order valence-electron chi connectivity index (χ1n) is 9.93. The van der Waals surface area contributed by atoms with E-state index in [1.54, 1.807) is 13.3 Å². The lowest BCUT2D eigenvalue weighted by Gasteiger charge is -2.18. The van der Waals surface area contributed by atoms with Crippen molar-refractivity contribution in [1.82, 2.24) is 15.6 Å². The third-order valence-corrected chi connectivity index (χ3v) is 4.08. The molecule has 2 rings (SSSR count). The number of ether oxygens (including phenoxy) is 3. The average Bonchev–Trinajstić information content (AvgIpc) is 2.73. The molecule has 1 aromatic heterocycles. The number of rotatable bonds is 11. The lowest BCUT2D eigenvalue weighted by molar-refractivity contribution is 0.143. The Bertz CT molecular complexity index is 750. The molecule has 0 bridgehead atoms. The highest BCUT2D eigenvalue weighted by atomic mass is 16.5. The fourth-order valence-corrected chi connectivity index (χ4v) is 2.52. The van der Waals surface area contributed by atoms with Gasteiger partial charge in [0.25, 0.3) is 0 Å². The van der Waals surface area contributed by atoms with Crippen molar-refractivity contribution < 1.29 is 14.2 Å². The van der Waals surface area contributed by atoms with Gasteiger partial charge in [0.1, 0.15) is 18.5 Å². The molecule has 1 atom stereocenters. The van der Waals surface area contributed by atoms with Gasteiger partial charge in [-0.3, -0.25) is 0 Å². The van der Waals surface area contributed by atoms with E-state index in [0.717, 1.165) is 29.4 Å². The molecule has 0 spiro atoms. The van der Waals surface area contributed by atoms with Gasteiger partial charge in [-0.15, -0.1) is 0 Å². The first-order valence-corrected chi connectivity index (χ1v) is 9.93. The smallest absolute Gasteiger partial charge is 0.213 e. The summed E-state index contributed by atoms with van der Waals surface area (Å²) in [6, 6.07) is 11.8. The number of guanidine groups is 1. The second-order valence-electron chi connectivity index (χ2n) is 6.62. The second-order valence-corrected chi connectivity index (χ2v) is 6.62. The summed E-state index contributed by atoms with van der Waals surface area (Å²) in [5.41, 5.74) is 2.13. The van der Waals surface area contributed by atoms with E-state index in [-0.39, 0.29) is 6.10 Å². The third-order valence-electron chi connectivity index (χ3n) is 4.08. The summed E-state index contributed by atoms with van der Waals surface area (Å²) in [6.07, 6.45) is 1.78. The molecule has 1 unspecified atom stereocenters. The Kier molecular flexibility index (Phi) is 9.78.